The monoisotopic (exact) mass is 210 g/mol. The Morgan fingerprint density at radius 3 is 2.71 bits per heavy atom. The second-order valence-electron chi connectivity index (χ2n) is 4.01. The summed E-state index contributed by atoms with van der Waals surface area (Å²) in [5.41, 5.74) is -0.00828. The van der Waals surface area contributed by atoms with Crippen molar-refractivity contribution in [3.8, 4) is 6.07 Å². The molecule has 1 aromatic rings. The summed E-state index contributed by atoms with van der Waals surface area (Å²) in [5.74, 6) is 0.849. The van der Waals surface area contributed by atoms with Crippen molar-refractivity contribution in [3.63, 3.8) is 0 Å². The van der Waals surface area contributed by atoms with Crippen LogP contribution in [0.25, 0.3) is 0 Å². The molecule has 5 heteroatoms. The molecule has 14 heavy (non-hydrogen) atoms. The Balaban J connectivity index is 2.57. The van der Waals surface area contributed by atoms with Crippen LogP contribution in [0.15, 0.2) is 0 Å². The highest BCUT2D eigenvalue weighted by Crippen LogP contribution is 2.22. The van der Waals surface area contributed by atoms with Gasteiger partial charge in [0.15, 0.2) is 0 Å². The topological polar surface area (TPSA) is 61.6 Å². The molecule has 0 aliphatic heterocycles. The number of nitrogens with one attached hydrogen (secondary N) is 1. The minimum atomic E-state index is -0.00828. The first-order valence-corrected chi connectivity index (χ1v) is 5.26. The highest BCUT2D eigenvalue weighted by atomic mass is 32.1. The maximum absolute atomic E-state index is 8.36. The third-order valence-corrected chi connectivity index (χ3v) is 2.28. The van der Waals surface area contributed by atoms with E-state index in [0.29, 0.717) is 13.0 Å². The Labute approximate surface area is 88.1 Å². The van der Waals surface area contributed by atoms with Crippen molar-refractivity contribution in [1.82, 2.24) is 9.36 Å². The van der Waals surface area contributed by atoms with Gasteiger partial charge < -0.3 is 5.32 Å². The van der Waals surface area contributed by atoms with Gasteiger partial charge in [-0.1, -0.05) is 20.8 Å². The summed E-state index contributed by atoms with van der Waals surface area (Å²) in [7, 11) is 0. The van der Waals surface area contributed by atoms with Crippen molar-refractivity contribution in [2.24, 2.45) is 0 Å². The van der Waals surface area contributed by atoms with Crippen molar-refractivity contribution in [1.29, 1.82) is 5.26 Å². The average Bonchev–Trinajstić information content (AvgIpc) is 2.52. The molecular formula is C9H14N4S. The predicted molar refractivity (Wildman–Crippen MR) is 57.3 cm³/mol. The van der Waals surface area contributed by atoms with Gasteiger partial charge in [-0.05, 0) is 0 Å². The molecule has 0 spiro atoms. The van der Waals surface area contributed by atoms with Crippen LogP contribution in [0, 0.1) is 11.3 Å². The van der Waals surface area contributed by atoms with Gasteiger partial charge >= 0.3 is 0 Å². The molecule has 0 bridgehead atoms. The van der Waals surface area contributed by atoms with Gasteiger partial charge in [0.25, 0.3) is 0 Å². The van der Waals surface area contributed by atoms with E-state index in [1.54, 1.807) is 0 Å². The molecule has 0 radical (unpaired) electrons. The van der Waals surface area contributed by atoms with Gasteiger partial charge in [-0.15, -0.1) is 0 Å². The summed E-state index contributed by atoms with van der Waals surface area (Å²) in [6.07, 6.45) is 0.491. The molecule has 0 aromatic carbocycles. The number of nitrogens with zero attached hydrogens (tertiary/aromatic N) is 3. The molecule has 0 saturated carbocycles. The molecule has 0 saturated heterocycles. The molecule has 0 aliphatic rings. The lowest BCUT2D eigenvalue weighted by Gasteiger charge is -2.12. The molecule has 4 nitrogen and oxygen atoms in total. The third kappa shape index (κ3) is 2.96. The fourth-order valence-corrected chi connectivity index (χ4v) is 1.61. The fourth-order valence-electron chi connectivity index (χ4n) is 0.825. The van der Waals surface area contributed by atoms with Gasteiger partial charge in [0.1, 0.15) is 5.82 Å². The van der Waals surface area contributed by atoms with E-state index >= 15 is 0 Å². The summed E-state index contributed by atoms with van der Waals surface area (Å²) < 4.78 is 4.25. The quantitative estimate of drug-likeness (QED) is 0.777. The van der Waals surface area contributed by atoms with E-state index in [0.717, 1.165) is 11.0 Å². The Bertz CT molecular complexity index is 331. The molecule has 0 atom stereocenters. The van der Waals surface area contributed by atoms with Crippen LogP contribution < -0.4 is 5.32 Å². The summed E-state index contributed by atoms with van der Waals surface area (Å²) in [4.78, 5) is 4.34. The van der Waals surface area contributed by atoms with Gasteiger partial charge in [-0.3, -0.25) is 0 Å². The first-order valence-electron chi connectivity index (χ1n) is 4.49. The van der Waals surface area contributed by atoms with Crippen molar-refractivity contribution in [3.05, 3.63) is 5.82 Å². The fraction of sp³-hybridized carbons (Fsp3) is 0.667. The normalized spacial score (nSPS) is 11.0. The van der Waals surface area contributed by atoms with Gasteiger partial charge in [0, 0.05) is 23.5 Å². The van der Waals surface area contributed by atoms with Gasteiger partial charge in [0.05, 0.1) is 12.5 Å². The van der Waals surface area contributed by atoms with Crippen LogP contribution >= 0.6 is 11.5 Å². The van der Waals surface area contributed by atoms with Gasteiger partial charge in [-0.2, -0.15) is 9.64 Å². The minimum absolute atomic E-state index is 0.00828. The zero-order chi connectivity index (χ0) is 10.6. The number of hydrogen-bond acceptors (Lipinski definition) is 5. The molecule has 0 amide bonds. The van der Waals surface area contributed by atoms with E-state index in [9.17, 15) is 0 Å². The van der Waals surface area contributed by atoms with Crippen LogP contribution in [0.3, 0.4) is 0 Å². The number of hydrogen-bond donors (Lipinski definition) is 1. The molecule has 1 N–H and O–H groups in total. The Morgan fingerprint density at radius 2 is 2.21 bits per heavy atom. The second kappa shape index (κ2) is 4.38. The van der Waals surface area contributed by atoms with Crippen LogP contribution in [-0.2, 0) is 5.41 Å². The largest absolute Gasteiger partial charge is 0.359 e. The zero-order valence-electron chi connectivity index (χ0n) is 8.66. The third-order valence-electron chi connectivity index (χ3n) is 1.61. The van der Waals surface area contributed by atoms with Crippen molar-refractivity contribution >= 4 is 16.7 Å². The minimum Gasteiger partial charge on any atom is -0.359 e. The van der Waals surface area contributed by atoms with E-state index in [1.165, 1.54) is 11.5 Å². The van der Waals surface area contributed by atoms with Crippen molar-refractivity contribution in [2.45, 2.75) is 32.6 Å². The van der Waals surface area contributed by atoms with E-state index in [4.69, 9.17) is 5.26 Å². The molecule has 0 fully saturated rings. The second-order valence-corrected chi connectivity index (χ2v) is 4.76. The van der Waals surface area contributed by atoms with Gasteiger partial charge in [-0.25, -0.2) is 4.98 Å². The summed E-state index contributed by atoms with van der Waals surface area (Å²) in [6.45, 7) is 6.87. The van der Waals surface area contributed by atoms with E-state index in [-0.39, 0.29) is 5.41 Å². The van der Waals surface area contributed by atoms with Crippen LogP contribution in [0.1, 0.15) is 33.0 Å². The summed E-state index contributed by atoms with van der Waals surface area (Å²) in [6, 6.07) is 2.07. The lowest BCUT2D eigenvalue weighted by Crippen LogP contribution is -2.13. The first kappa shape index (κ1) is 10.9. The Morgan fingerprint density at radius 1 is 1.50 bits per heavy atom. The van der Waals surface area contributed by atoms with E-state index in [2.05, 4.69) is 41.5 Å². The average molecular weight is 210 g/mol. The standard InChI is InChI=1S/C9H14N4S/c1-9(2,3)7-12-8(14-13-7)11-6-4-5-10/h4,6H2,1-3H3,(H,11,12,13). The Hall–Kier alpha value is -1.15. The zero-order valence-corrected chi connectivity index (χ0v) is 9.48. The van der Waals surface area contributed by atoms with Crippen LogP contribution in [0.5, 0.6) is 0 Å². The predicted octanol–water partition coefficient (Wildman–Crippen LogP) is 2.16. The molecule has 76 valence electrons. The van der Waals surface area contributed by atoms with Crippen LogP contribution in [0.4, 0.5) is 5.13 Å². The SMILES string of the molecule is CC(C)(C)c1nsc(NCCC#N)n1. The lowest BCUT2D eigenvalue weighted by atomic mass is 9.96. The molecule has 0 unspecified atom stereocenters. The number of anilines is 1. The highest BCUT2D eigenvalue weighted by Gasteiger charge is 2.19. The molecule has 0 aliphatic carbocycles. The molecular weight excluding hydrogens is 196 g/mol. The first-order chi connectivity index (χ1) is 6.54. The van der Waals surface area contributed by atoms with Crippen LogP contribution in [-0.4, -0.2) is 15.9 Å². The molecule has 1 aromatic heterocycles. The highest BCUT2D eigenvalue weighted by molar-refractivity contribution is 7.09. The number of nitriles is 1. The maximum atomic E-state index is 8.36. The maximum Gasteiger partial charge on any atom is 0.202 e. The van der Waals surface area contributed by atoms with Crippen LogP contribution in [0.2, 0.25) is 0 Å². The van der Waals surface area contributed by atoms with Gasteiger partial charge in [0.2, 0.25) is 5.13 Å². The van der Waals surface area contributed by atoms with Crippen molar-refractivity contribution < 1.29 is 0 Å². The number of rotatable bonds is 3. The smallest absolute Gasteiger partial charge is 0.202 e. The van der Waals surface area contributed by atoms with Crippen molar-refractivity contribution in [2.75, 3.05) is 11.9 Å². The van der Waals surface area contributed by atoms with E-state index in [1.807, 2.05) is 0 Å². The molecule has 1 heterocycles. The summed E-state index contributed by atoms with van der Waals surface area (Å²) in [5, 5.41) is 12.2. The number of aromatic nitrogens is 2. The summed E-state index contributed by atoms with van der Waals surface area (Å²) >= 11 is 1.35. The molecule has 1 rings (SSSR count). The lowest BCUT2D eigenvalue weighted by molar-refractivity contribution is 0.555. The van der Waals surface area contributed by atoms with E-state index < -0.39 is 0 Å². The Kier molecular flexibility index (Phi) is 3.42.